The molecule has 2 aliphatic rings. The Hall–Kier alpha value is -2.48. The monoisotopic (exact) mass is 399 g/mol. The third kappa shape index (κ3) is 4.01. The molecule has 2 amide bonds. The van der Waals surface area contributed by atoms with Crippen molar-refractivity contribution in [3.05, 3.63) is 35.9 Å². The van der Waals surface area contributed by atoms with E-state index in [1.54, 1.807) is 4.90 Å². The van der Waals surface area contributed by atoms with Crippen LogP contribution >= 0.6 is 11.3 Å². The molecule has 0 radical (unpaired) electrons. The lowest BCUT2D eigenvalue weighted by Crippen LogP contribution is -2.43. The van der Waals surface area contributed by atoms with Crippen LogP contribution in [0.3, 0.4) is 0 Å². The highest BCUT2D eigenvalue weighted by Gasteiger charge is 2.30. The topological polar surface area (TPSA) is 78.4 Å². The normalized spacial score (nSPS) is 21.0. The van der Waals surface area contributed by atoms with E-state index in [1.807, 2.05) is 37.3 Å². The van der Waals surface area contributed by atoms with Gasteiger partial charge in [-0.2, -0.15) is 0 Å². The highest BCUT2D eigenvalue weighted by atomic mass is 32.1. The molecule has 0 unspecified atom stereocenters. The first-order valence-corrected chi connectivity index (χ1v) is 10.7. The molecule has 4 rings (SSSR count). The Morgan fingerprint density at radius 2 is 1.96 bits per heavy atom. The molecule has 2 atom stereocenters. The number of hydrogen-bond acceptors (Lipinski definition) is 6. The summed E-state index contributed by atoms with van der Waals surface area (Å²) in [5, 5.41) is 13.1. The minimum atomic E-state index is -0.0688. The molecule has 2 aromatic rings. The largest absolute Gasteiger partial charge is 0.349 e. The van der Waals surface area contributed by atoms with Crippen LogP contribution in [0.15, 0.2) is 30.3 Å². The fourth-order valence-electron chi connectivity index (χ4n) is 3.82. The number of carbonyl (C=O) groups is 2. The van der Waals surface area contributed by atoms with Gasteiger partial charge in [-0.05, 0) is 31.7 Å². The molecule has 2 fully saturated rings. The van der Waals surface area contributed by atoms with E-state index in [4.69, 9.17) is 0 Å². The zero-order valence-electron chi connectivity index (χ0n) is 16.0. The number of nitrogens with one attached hydrogen (secondary N) is 1. The first kappa shape index (κ1) is 18.9. The predicted molar refractivity (Wildman–Crippen MR) is 109 cm³/mol. The van der Waals surface area contributed by atoms with Gasteiger partial charge in [-0.15, -0.1) is 10.2 Å². The van der Waals surface area contributed by atoms with Crippen LogP contribution in [-0.2, 0) is 9.59 Å². The highest BCUT2D eigenvalue weighted by Crippen LogP contribution is 2.32. The Balaban J connectivity index is 1.38. The number of carbonyl (C=O) groups excluding carboxylic acids is 2. The number of aromatic nitrogens is 2. The van der Waals surface area contributed by atoms with Crippen molar-refractivity contribution in [2.75, 3.05) is 29.4 Å². The standard InChI is InChI=1S/C20H25N5O2S/c1-14(15-7-3-2-4-8-15)21-18(27)16-9-5-11-24(13-16)19-22-23-20(28-19)25-12-6-10-17(25)26/h2-4,7-8,14,16H,5-6,9-13H2,1H3,(H,21,27)/t14-,16+/m0/s1. The molecule has 8 heteroatoms. The number of anilines is 2. The Morgan fingerprint density at radius 3 is 2.71 bits per heavy atom. The number of hydrogen-bond donors (Lipinski definition) is 1. The van der Waals surface area contributed by atoms with Gasteiger partial charge in [-0.3, -0.25) is 14.5 Å². The van der Waals surface area contributed by atoms with E-state index in [0.29, 0.717) is 18.1 Å². The van der Waals surface area contributed by atoms with Gasteiger partial charge in [0.05, 0.1) is 12.0 Å². The lowest BCUT2D eigenvalue weighted by Gasteiger charge is -2.32. The van der Waals surface area contributed by atoms with Gasteiger partial charge in [0.15, 0.2) is 0 Å². The lowest BCUT2D eigenvalue weighted by atomic mass is 9.96. The molecule has 1 N–H and O–H groups in total. The van der Waals surface area contributed by atoms with Crippen molar-refractivity contribution in [3.8, 4) is 0 Å². The molecule has 1 aromatic heterocycles. The molecule has 0 aliphatic carbocycles. The zero-order valence-corrected chi connectivity index (χ0v) is 16.8. The minimum Gasteiger partial charge on any atom is -0.349 e. The van der Waals surface area contributed by atoms with Crippen LogP contribution in [-0.4, -0.2) is 41.6 Å². The fourth-order valence-corrected chi connectivity index (χ4v) is 4.74. The first-order valence-electron chi connectivity index (χ1n) is 9.86. The molecule has 2 saturated heterocycles. The number of benzene rings is 1. The van der Waals surface area contributed by atoms with Crippen LogP contribution < -0.4 is 15.1 Å². The van der Waals surface area contributed by atoms with Crippen LogP contribution in [0.1, 0.15) is 44.2 Å². The third-order valence-electron chi connectivity index (χ3n) is 5.43. The van der Waals surface area contributed by atoms with Gasteiger partial charge in [-0.25, -0.2) is 0 Å². The van der Waals surface area contributed by atoms with Crippen molar-refractivity contribution < 1.29 is 9.59 Å². The van der Waals surface area contributed by atoms with E-state index in [-0.39, 0.29) is 23.8 Å². The van der Waals surface area contributed by atoms with Gasteiger partial charge in [0.2, 0.25) is 22.1 Å². The van der Waals surface area contributed by atoms with Gasteiger partial charge in [0.1, 0.15) is 0 Å². The molecule has 148 valence electrons. The van der Waals surface area contributed by atoms with Gasteiger partial charge in [-0.1, -0.05) is 41.7 Å². The summed E-state index contributed by atoms with van der Waals surface area (Å²) in [5.74, 6) is 0.134. The molecule has 1 aromatic carbocycles. The summed E-state index contributed by atoms with van der Waals surface area (Å²) in [6.07, 6.45) is 3.27. The number of piperidine rings is 1. The van der Waals surface area contributed by atoms with E-state index in [9.17, 15) is 9.59 Å². The molecule has 3 heterocycles. The second-order valence-electron chi connectivity index (χ2n) is 7.44. The zero-order chi connectivity index (χ0) is 19.5. The number of nitrogens with zero attached hydrogens (tertiary/aromatic N) is 4. The summed E-state index contributed by atoms with van der Waals surface area (Å²) in [6, 6.07) is 9.99. The predicted octanol–water partition coefficient (Wildman–Crippen LogP) is 2.76. The molecule has 0 spiro atoms. The van der Waals surface area contributed by atoms with E-state index in [2.05, 4.69) is 20.4 Å². The maximum absolute atomic E-state index is 12.8. The number of amides is 2. The average molecular weight is 400 g/mol. The highest BCUT2D eigenvalue weighted by molar-refractivity contribution is 7.19. The van der Waals surface area contributed by atoms with E-state index in [0.717, 1.165) is 43.0 Å². The first-order chi connectivity index (χ1) is 13.6. The summed E-state index contributed by atoms with van der Waals surface area (Å²) in [7, 11) is 0. The smallest absolute Gasteiger partial charge is 0.228 e. The number of rotatable bonds is 5. The maximum Gasteiger partial charge on any atom is 0.228 e. The Morgan fingerprint density at radius 1 is 1.18 bits per heavy atom. The van der Waals surface area contributed by atoms with Gasteiger partial charge in [0, 0.05) is 26.1 Å². The molecular formula is C20H25N5O2S. The van der Waals surface area contributed by atoms with Gasteiger partial charge >= 0.3 is 0 Å². The summed E-state index contributed by atoms with van der Waals surface area (Å²) in [6.45, 7) is 4.23. The van der Waals surface area contributed by atoms with Crippen molar-refractivity contribution in [2.24, 2.45) is 5.92 Å². The molecule has 7 nitrogen and oxygen atoms in total. The molecule has 0 bridgehead atoms. The van der Waals surface area contributed by atoms with Crippen molar-refractivity contribution in [1.29, 1.82) is 0 Å². The van der Waals surface area contributed by atoms with Gasteiger partial charge < -0.3 is 10.2 Å². The summed E-state index contributed by atoms with van der Waals surface area (Å²) >= 11 is 1.44. The second-order valence-corrected chi connectivity index (χ2v) is 8.38. The summed E-state index contributed by atoms with van der Waals surface area (Å²) in [4.78, 5) is 28.6. The average Bonchev–Trinajstić information content (AvgIpc) is 3.37. The van der Waals surface area contributed by atoms with Crippen molar-refractivity contribution in [3.63, 3.8) is 0 Å². The van der Waals surface area contributed by atoms with Crippen molar-refractivity contribution in [1.82, 2.24) is 15.5 Å². The quantitative estimate of drug-likeness (QED) is 0.836. The van der Waals surface area contributed by atoms with Crippen LogP contribution in [0.2, 0.25) is 0 Å². The SMILES string of the molecule is C[C@H](NC(=O)[C@@H]1CCCN(c2nnc(N3CCCC3=O)s2)C1)c1ccccc1. The molecule has 2 aliphatic heterocycles. The van der Waals surface area contributed by atoms with Crippen LogP contribution in [0, 0.1) is 5.92 Å². The molecular weight excluding hydrogens is 374 g/mol. The Bertz CT molecular complexity index is 840. The van der Waals surface area contributed by atoms with Crippen molar-refractivity contribution in [2.45, 2.75) is 38.6 Å². The Kier molecular flexibility index (Phi) is 5.57. The van der Waals surface area contributed by atoms with Crippen LogP contribution in [0.5, 0.6) is 0 Å². The minimum absolute atomic E-state index is 0.0154. The Labute approximate surface area is 168 Å². The summed E-state index contributed by atoms with van der Waals surface area (Å²) in [5.41, 5.74) is 1.10. The van der Waals surface area contributed by atoms with E-state index in [1.165, 1.54) is 11.3 Å². The maximum atomic E-state index is 12.8. The third-order valence-corrected chi connectivity index (χ3v) is 6.44. The van der Waals surface area contributed by atoms with E-state index < -0.39 is 0 Å². The van der Waals surface area contributed by atoms with E-state index >= 15 is 0 Å². The van der Waals surface area contributed by atoms with Crippen LogP contribution in [0.4, 0.5) is 10.3 Å². The van der Waals surface area contributed by atoms with Crippen molar-refractivity contribution >= 4 is 33.4 Å². The molecule has 28 heavy (non-hydrogen) atoms. The van der Waals surface area contributed by atoms with Gasteiger partial charge in [0.25, 0.3) is 0 Å². The summed E-state index contributed by atoms with van der Waals surface area (Å²) < 4.78 is 0. The van der Waals surface area contributed by atoms with Crippen LogP contribution in [0.25, 0.3) is 0 Å². The second kappa shape index (κ2) is 8.26. The fraction of sp³-hybridized carbons (Fsp3) is 0.500. The lowest BCUT2D eigenvalue weighted by molar-refractivity contribution is -0.126. The molecule has 0 saturated carbocycles.